The molecule has 1 aromatic carbocycles. The summed E-state index contributed by atoms with van der Waals surface area (Å²) < 4.78 is 26.5. The highest BCUT2D eigenvalue weighted by Crippen LogP contribution is 2.32. The maximum atomic E-state index is 12.6. The lowest BCUT2D eigenvalue weighted by molar-refractivity contribution is -0.387. The van der Waals surface area contributed by atoms with E-state index in [1.807, 2.05) is 6.92 Å². The van der Waals surface area contributed by atoms with Crippen molar-refractivity contribution in [3.63, 3.8) is 0 Å². The molecule has 0 aromatic heterocycles. The van der Waals surface area contributed by atoms with Crippen LogP contribution in [0.5, 0.6) is 0 Å². The predicted octanol–water partition coefficient (Wildman–Crippen LogP) is 1.67. The van der Waals surface area contributed by atoms with Gasteiger partial charge >= 0.3 is 0 Å². The zero-order valence-corrected chi connectivity index (χ0v) is 12.2. The van der Waals surface area contributed by atoms with Crippen molar-refractivity contribution in [1.82, 2.24) is 4.31 Å². The van der Waals surface area contributed by atoms with Crippen LogP contribution in [0.1, 0.15) is 13.3 Å². The highest BCUT2D eigenvalue weighted by atomic mass is 32.2. The van der Waals surface area contributed by atoms with Crippen LogP contribution in [-0.2, 0) is 10.0 Å². The molecule has 1 N–H and O–H groups in total. The summed E-state index contributed by atoms with van der Waals surface area (Å²) in [6.07, 6.45) is 0.777. The number of nitrogens with one attached hydrogen (secondary N) is 1. The maximum Gasteiger partial charge on any atom is 0.289 e. The number of rotatable bonds is 4. The van der Waals surface area contributed by atoms with Gasteiger partial charge in [0.15, 0.2) is 4.90 Å². The predicted molar refractivity (Wildman–Crippen MR) is 75.2 cm³/mol. The molecule has 1 saturated heterocycles. The van der Waals surface area contributed by atoms with Crippen molar-refractivity contribution < 1.29 is 13.3 Å². The van der Waals surface area contributed by atoms with Gasteiger partial charge < -0.3 is 5.32 Å². The first kappa shape index (κ1) is 14.7. The van der Waals surface area contributed by atoms with E-state index in [1.54, 1.807) is 7.05 Å². The van der Waals surface area contributed by atoms with Crippen LogP contribution in [-0.4, -0.2) is 37.8 Å². The number of hydrogen-bond donors (Lipinski definition) is 1. The van der Waals surface area contributed by atoms with E-state index in [0.29, 0.717) is 18.8 Å². The van der Waals surface area contributed by atoms with Crippen LogP contribution < -0.4 is 5.32 Å². The highest BCUT2D eigenvalue weighted by molar-refractivity contribution is 7.89. The third kappa shape index (κ3) is 2.61. The summed E-state index contributed by atoms with van der Waals surface area (Å²) in [5.74, 6) is 0.274. The van der Waals surface area contributed by atoms with Crippen molar-refractivity contribution in [1.29, 1.82) is 0 Å². The van der Waals surface area contributed by atoms with Gasteiger partial charge in [-0.25, -0.2) is 8.42 Å². The Bertz CT molecular complexity index is 630. The second kappa shape index (κ2) is 5.37. The van der Waals surface area contributed by atoms with Gasteiger partial charge in [-0.1, -0.05) is 6.92 Å². The van der Waals surface area contributed by atoms with Gasteiger partial charge in [0.25, 0.3) is 5.69 Å². The van der Waals surface area contributed by atoms with Crippen LogP contribution in [0.15, 0.2) is 23.1 Å². The fourth-order valence-electron chi connectivity index (χ4n) is 2.28. The smallest absolute Gasteiger partial charge is 0.289 e. The van der Waals surface area contributed by atoms with Gasteiger partial charge in [-0.2, -0.15) is 4.31 Å². The first-order valence-electron chi connectivity index (χ1n) is 6.32. The molecule has 1 aliphatic rings. The molecule has 7 nitrogen and oxygen atoms in total. The van der Waals surface area contributed by atoms with Gasteiger partial charge in [-0.05, 0) is 24.5 Å². The van der Waals surface area contributed by atoms with Crippen LogP contribution in [0, 0.1) is 16.0 Å². The third-order valence-electron chi connectivity index (χ3n) is 3.45. The van der Waals surface area contributed by atoms with E-state index in [-0.39, 0.29) is 16.5 Å². The Morgan fingerprint density at radius 1 is 1.45 bits per heavy atom. The molecule has 8 heteroatoms. The van der Waals surface area contributed by atoms with Gasteiger partial charge in [0.1, 0.15) is 0 Å². The fourth-order valence-corrected chi connectivity index (χ4v) is 4.04. The van der Waals surface area contributed by atoms with Gasteiger partial charge in [0, 0.05) is 31.9 Å². The minimum Gasteiger partial charge on any atom is -0.388 e. The lowest BCUT2D eigenvalue weighted by Gasteiger charge is -2.16. The van der Waals surface area contributed by atoms with Crippen molar-refractivity contribution in [3.8, 4) is 0 Å². The summed E-state index contributed by atoms with van der Waals surface area (Å²) in [5, 5.41) is 13.8. The summed E-state index contributed by atoms with van der Waals surface area (Å²) >= 11 is 0. The molecule has 0 bridgehead atoms. The molecule has 0 saturated carbocycles. The van der Waals surface area contributed by atoms with E-state index in [4.69, 9.17) is 0 Å². The molecular formula is C12H17N3O4S. The average Bonchev–Trinajstić information content (AvgIpc) is 2.85. The van der Waals surface area contributed by atoms with E-state index >= 15 is 0 Å². The Balaban J connectivity index is 2.52. The molecule has 2 rings (SSSR count). The fraction of sp³-hybridized carbons (Fsp3) is 0.500. The summed E-state index contributed by atoms with van der Waals surface area (Å²) in [5.41, 5.74) is 0.143. The zero-order chi connectivity index (χ0) is 14.9. The van der Waals surface area contributed by atoms with E-state index in [0.717, 1.165) is 6.42 Å². The van der Waals surface area contributed by atoms with Crippen molar-refractivity contribution in [3.05, 3.63) is 28.3 Å². The van der Waals surface area contributed by atoms with Crippen LogP contribution in [0.4, 0.5) is 11.4 Å². The number of nitrogens with zero attached hydrogens (tertiary/aromatic N) is 2. The van der Waals surface area contributed by atoms with Gasteiger partial charge in [-0.3, -0.25) is 10.1 Å². The molecule has 1 heterocycles. The lowest BCUT2D eigenvalue weighted by Crippen LogP contribution is -2.29. The van der Waals surface area contributed by atoms with Crippen molar-refractivity contribution in [2.24, 2.45) is 5.92 Å². The van der Waals surface area contributed by atoms with Crippen LogP contribution >= 0.6 is 0 Å². The Labute approximate surface area is 117 Å². The van der Waals surface area contributed by atoms with E-state index in [9.17, 15) is 18.5 Å². The zero-order valence-electron chi connectivity index (χ0n) is 11.4. The summed E-state index contributed by atoms with van der Waals surface area (Å²) in [4.78, 5) is 10.1. The SMILES string of the molecule is CNc1ccc([N+](=O)[O-])c(S(=O)(=O)N2CCC(C)C2)c1. The first-order valence-corrected chi connectivity index (χ1v) is 7.76. The molecule has 1 atom stereocenters. The Morgan fingerprint density at radius 3 is 2.65 bits per heavy atom. The molecule has 1 aliphatic heterocycles. The minimum absolute atomic E-state index is 0.247. The van der Waals surface area contributed by atoms with Gasteiger partial charge in [-0.15, -0.1) is 0 Å². The summed E-state index contributed by atoms with van der Waals surface area (Å²) in [6, 6.07) is 4.03. The number of sulfonamides is 1. The molecule has 1 unspecified atom stereocenters. The first-order chi connectivity index (χ1) is 9.36. The van der Waals surface area contributed by atoms with Gasteiger partial charge in [0.2, 0.25) is 10.0 Å². The number of nitro benzene ring substituents is 1. The largest absolute Gasteiger partial charge is 0.388 e. The number of nitro groups is 1. The Kier molecular flexibility index (Phi) is 3.96. The highest BCUT2D eigenvalue weighted by Gasteiger charge is 2.35. The van der Waals surface area contributed by atoms with E-state index in [1.165, 1.54) is 22.5 Å². The van der Waals surface area contributed by atoms with E-state index < -0.39 is 14.9 Å². The number of hydrogen-bond acceptors (Lipinski definition) is 5. The second-order valence-electron chi connectivity index (χ2n) is 4.95. The molecular weight excluding hydrogens is 282 g/mol. The minimum atomic E-state index is -3.83. The number of anilines is 1. The molecule has 0 radical (unpaired) electrons. The number of benzene rings is 1. The molecule has 1 aromatic rings. The molecule has 0 aliphatic carbocycles. The maximum absolute atomic E-state index is 12.6. The third-order valence-corrected chi connectivity index (χ3v) is 5.34. The second-order valence-corrected chi connectivity index (χ2v) is 6.85. The van der Waals surface area contributed by atoms with Crippen molar-refractivity contribution in [2.45, 2.75) is 18.2 Å². The molecule has 0 amide bonds. The van der Waals surface area contributed by atoms with Gasteiger partial charge in [0.05, 0.1) is 4.92 Å². The quantitative estimate of drug-likeness (QED) is 0.674. The monoisotopic (exact) mass is 299 g/mol. The molecule has 110 valence electrons. The lowest BCUT2D eigenvalue weighted by atomic mass is 10.2. The Hall–Kier alpha value is -1.67. The van der Waals surface area contributed by atoms with Crippen molar-refractivity contribution in [2.75, 3.05) is 25.5 Å². The standard InChI is InChI=1S/C12H17N3O4S/c1-9-5-6-14(8-9)20(18,19)12-7-10(13-2)3-4-11(12)15(16)17/h3-4,7,9,13H,5-6,8H2,1-2H3. The topological polar surface area (TPSA) is 92.5 Å². The average molecular weight is 299 g/mol. The van der Waals surface area contributed by atoms with Crippen LogP contribution in [0.25, 0.3) is 0 Å². The van der Waals surface area contributed by atoms with Crippen LogP contribution in [0.3, 0.4) is 0 Å². The van der Waals surface area contributed by atoms with E-state index in [2.05, 4.69) is 5.32 Å². The molecule has 20 heavy (non-hydrogen) atoms. The summed E-state index contributed by atoms with van der Waals surface area (Å²) in [6.45, 7) is 2.78. The van der Waals surface area contributed by atoms with Crippen molar-refractivity contribution >= 4 is 21.4 Å². The normalized spacial score (nSPS) is 20.0. The molecule has 0 spiro atoms. The Morgan fingerprint density at radius 2 is 2.15 bits per heavy atom. The van der Waals surface area contributed by atoms with Crippen LogP contribution in [0.2, 0.25) is 0 Å². The molecule has 1 fully saturated rings. The summed E-state index contributed by atoms with van der Waals surface area (Å²) in [7, 11) is -2.19.